The highest BCUT2D eigenvalue weighted by Gasteiger charge is 2.24. The zero-order valence-electron chi connectivity index (χ0n) is 20.0. The maximum absolute atomic E-state index is 13.2. The van der Waals surface area contributed by atoms with Crippen LogP contribution in [0.2, 0.25) is 0 Å². The number of rotatable bonds is 5. The number of nitriles is 1. The predicted octanol–water partition coefficient (Wildman–Crippen LogP) is 4.97. The van der Waals surface area contributed by atoms with Gasteiger partial charge >= 0.3 is 0 Å². The third kappa shape index (κ3) is 5.37. The van der Waals surface area contributed by atoms with Crippen molar-refractivity contribution >= 4 is 11.6 Å². The van der Waals surface area contributed by atoms with Gasteiger partial charge in [0.15, 0.2) is 0 Å². The van der Waals surface area contributed by atoms with Gasteiger partial charge in [0, 0.05) is 51.2 Å². The molecule has 0 unspecified atom stereocenters. The van der Waals surface area contributed by atoms with Crippen LogP contribution in [0.3, 0.4) is 0 Å². The summed E-state index contributed by atoms with van der Waals surface area (Å²) in [5.74, 6) is -0.175. The molecule has 0 radical (unpaired) electrons. The summed E-state index contributed by atoms with van der Waals surface area (Å²) in [7, 11) is 0. The third-order valence-corrected chi connectivity index (χ3v) is 6.67. The molecule has 1 fully saturated rings. The molecular formula is C30H27FN4O. The molecule has 0 atom stereocenters. The Morgan fingerprint density at radius 1 is 0.861 bits per heavy atom. The van der Waals surface area contributed by atoms with E-state index < -0.39 is 0 Å². The molecule has 2 aliphatic heterocycles. The highest BCUT2D eigenvalue weighted by molar-refractivity contribution is 5.97. The lowest BCUT2D eigenvalue weighted by Crippen LogP contribution is -2.48. The van der Waals surface area contributed by atoms with Crippen LogP contribution in [-0.4, -0.2) is 48.4 Å². The first kappa shape index (κ1) is 23.5. The number of hydrogen-bond acceptors (Lipinski definition) is 4. The molecule has 0 bridgehead atoms. The van der Waals surface area contributed by atoms with Gasteiger partial charge in [0.05, 0.1) is 17.2 Å². The molecule has 3 aromatic carbocycles. The standard InChI is InChI=1S/C30H27FN4O/c31-28-11-5-24(6-12-28)21-33-16-18-34(19-17-33)30(36)27-2-1-15-35(22-27)29-13-9-26(10-14-29)25-7-3-23(20-32)4-8-25/h1-14,22H,15-19,21H2. The van der Waals surface area contributed by atoms with Gasteiger partial charge in [-0.25, -0.2) is 4.39 Å². The Morgan fingerprint density at radius 2 is 1.50 bits per heavy atom. The number of anilines is 1. The minimum absolute atomic E-state index is 0.0478. The van der Waals surface area contributed by atoms with E-state index in [1.807, 2.05) is 59.7 Å². The van der Waals surface area contributed by atoms with E-state index >= 15 is 0 Å². The van der Waals surface area contributed by atoms with E-state index in [1.165, 1.54) is 12.1 Å². The summed E-state index contributed by atoms with van der Waals surface area (Å²) in [5.41, 5.74) is 5.57. The molecule has 6 heteroatoms. The molecule has 1 amide bonds. The molecule has 1 saturated heterocycles. The molecule has 2 aliphatic rings. The SMILES string of the molecule is N#Cc1ccc(-c2ccc(N3C=C(C(=O)N4CCN(Cc5ccc(F)cc5)CC4)C=CC3)cc2)cc1. The fraction of sp³-hybridized carbons (Fsp3) is 0.200. The lowest BCUT2D eigenvalue weighted by Gasteiger charge is -2.35. The lowest BCUT2D eigenvalue weighted by atomic mass is 10.0. The van der Waals surface area contributed by atoms with E-state index in [1.54, 1.807) is 0 Å². The molecule has 0 spiro atoms. The van der Waals surface area contributed by atoms with Crippen molar-refractivity contribution in [3.63, 3.8) is 0 Å². The number of nitrogens with zero attached hydrogens (tertiary/aromatic N) is 4. The first-order valence-electron chi connectivity index (χ1n) is 12.1. The van der Waals surface area contributed by atoms with E-state index in [0.29, 0.717) is 30.8 Å². The van der Waals surface area contributed by atoms with Crippen molar-refractivity contribution < 1.29 is 9.18 Å². The maximum Gasteiger partial charge on any atom is 0.255 e. The Balaban J connectivity index is 1.20. The summed E-state index contributed by atoms with van der Waals surface area (Å²) in [6.07, 6.45) is 5.87. The minimum Gasteiger partial charge on any atom is -0.343 e. The average molecular weight is 479 g/mol. The van der Waals surface area contributed by atoms with Gasteiger partial charge in [-0.3, -0.25) is 9.69 Å². The number of carbonyl (C=O) groups is 1. The van der Waals surface area contributed by atoms with Crippen molar-refractivity contribution in [2.24, 2.45) is 0 Å². The van der Waals surface area contributed by atoms with Gasteiger partial charge in [-0.15, -0.1) is 0 Å². The van der Waals surface area contributed by atoms with Gasteiger partial charge in [0.2, 0.25) is 0 Å². The smallest absolute Gasteiger partial charge is 0.255 e. The van der Waals surface area contributed by atoms with Crippen LogP contribution in [0.1, 0.15) is 11.1 Å². The normalized spacial score (nSPS) is 15.9. The molecule has 3 aromatic rings. The van der Waals surface area contributed by atoms with Gasteiger partial charge in [0.25, 0.3) is 5.91 Å². The fourth-order valence-corrected chi connectivity index (χ4v) is 4.59. The maximum atomic E-state index is 13.2. The summed E-state index contributed by atoms with van der Waals surface area (Å²) in [6.45, 7) is 4.39. The summed E-state index contributed by atoms with van der Waals surface area (Å²) in [5, 5.41) is 8.99. The van der Waals surface area contributed by atoms with E-state index in [9.17, 15) is 9.18 Å². The molecule has 36 heavy (non-hydrogen) atoms. The Labute approximate surface area is 211 Å². The molecule has 0 saturated carbocycles. The molecule has 0 aliphatic carbocycles. The van der Waals surface area contributed by atoms with Crippen molar-refractivity contribution in [2.45, 2.75) is 6.54 Å². The van der Waals surface area contributed by atoms with E-state index in [4.69, 9.17) is 5.26 Å². The van der Waals surface area contributed by atoms with Gasteiger partial charge in [-0.05, 0) is 53.1 Å². The Morgan fingerprint density at radius 3 is 2.14 bits per heavy atom. The molecule has 5 rings (SSSR count). The number of amides is 1. The topological polar surface area (TPSA) is 50.6 Å². The summed E-state index contributed by atoms with van der Waals surface area (Å²) >= 11 is 0. The zero-order chi connectivity index (χ0) is 24.9. The quantitative estimate of drug-likeness (QED) is 0.520. The van der Waals surface area contributed by atoms with E-state index in [-0.39, 0.29) is 11.7 Å². The number of carbonyl (C=O) groups excluding carboxylic acids is 1. The number of benzene rings is 3. The second kappa shape index (κ2) is 10.6. The highest BCUT2D eigenvalue weighted by Crippen LogP contribution is 2.26. The van der Waals surface area contributed by atoms with Crippen LogP contribution in [0.4, 0.5) is 10.1 Å². The van der Waals surface area contributed by atoms with Crippen molar-refractivity contribution in [1.82, 2.24) is 9.80 Å². The fourth-order valence-electron chi connectivity index (χ4n) is 4.59. The van der Waals surface area contributed by atoms with Crippen LogP contribution in [0.5, 0.6) is 0 Å². The van der Waals surface area contributed by atoms with Gasteiger partial charge in [-0.1, -0.05) is 48.6 Å². The second-order valence-corrected chi connectivity index (χ2v) is 9.07. The Hall–Kier alpha value is -4.21. The van der Waals surface area contributed by atoms with E-state index in [0.717, 1.165) is 42.0 Å². The second-order valence-electron chi connectivity index (χ2n) is 9.07. The van der Waals surface area contributed by atoms with Gasteiger partial charge in [0.1, 0.15) is 5.82 Å². The van der Waals surface area contributed by atoms with Crippen molar-refractivity contribution in [1.29, 1.82) is 5.26 Å². The molecule has 0 aromatic heterocycles. The van der Waals surface area contributed by atoms with Crippen molar-refractivity contribution in [3.05, 3.63) is 114 Å². The van der Waals surface area contributed by atoms with E-state index in [2.05, 4.69) is 40.1 Å². The molecule has 0 N–H and O–H groups in total. The highest BCUT2D eigenvalue weighted by atomic mass is 19.1. The lowest BCUT2D eigenvalue weighted by molar-refractivity contribution is -0.128. The van der Waals surface area contributed by atoms with Crippen LogP contribution >= 0.6 is 0 Å². The van der Waals surface area contributed by atoms with Crippen molar-refractivity contribution in [3.8, 4) is 17.2 Å². The number of hydrogen-bond donors (Lipinski definition) is 0. The third-order valence-electron chi connectivity index (χ3n) is 6.67. The number of piperazine rings is 1. The summed E-state index contributed by atoms with van der Waals surface area (Å²) in [4.78, 5) is 19.5. The van der Waals surface area contributed by atoms with Gasteiger partial charge in [-0.2, -0.15) is 5.26 Å². The molecular weight excluding hydrogens is 451 g/mol. The monoisotopic (exact) mass is 478 g/mol. The van der Waals surface area contributed by atoms with Crippen LogP contribution < -0.4 is 4.90 Å². The largest absolute Gasteiger partial charge is 0.343 e. The summed E-state index contributed by atoms with van der Waals surface area (Å²) < 4.78 is 13.1. The zero-order valence-corrected chi connectivity index (χ0v) is 20.0. The first-order valence-corrected chi connectivity index (χ1v) is 12.1. The van der Waals surface area contributed by atoms with Crippen LogP contribution in [-0.2, 0) is 11.3 Å². The first-order chi connectivity index (χ1) is 17.6. The summed E-state index contributed by atoms with van der Waals surface area (Å²) in [6, 6.07) is 24.5. The van der Waals surface area contributed by atoms with Crippen LogP contribution in [0.15, 0.2) is 96.7 Å². The van der Waals surface area contributed by atoms with Crippen LogP contribution in [0.25, 0.3) is 11.1 Å². The van der Waals surface area contributed by atoms with Crippen LogP contribution in [0, 0.1) is 17.1 Å². The molecule has 5 nitrogen and oxygen atoms in total. The Kier molecular flexibility index (Phi) is 6.92. The average Bonchev–Trinajstić information content (AvgIpc) is 2.94. The minimum atomic E-state index is -0.223. The predicted molar refractivity (Wildman–Crippen MR) is 139 cm³/mol. The Bertz CT molecular complexity index is 1310. The molecule has 180 valence electrons. The van der Waals surface area contributed by atoms with Crippen molar-refractivity contribution in [2.75, 3.05) is 37.6 Å². The number of halogens is 1. The molecule has 2 heterocycles. The van der Waals surface area contributed by atoms with Gasteiger partial charge < -0.3 is 9.80 Å².